The fraction of sp³-hybridized carbons (Fsp3) is 0.600. The number of aromatic nitrogens is 2. The van der Waals surface area contributed by atoms with E-state index in [-0.39, 0.29) is 6.10 Å². The van der Waals surface area contributed by atoms with Crippen LogP contribution in [-0.2, 0) is 0 Å². The van der Waals surface area contributed by atoms with Gasteiger partial charge >= 0.3 is 0 Å². The molecule has 5 nitrogen and oxygen atoms in total. The molecule has 0 saturated carbocycles. The first-order valence-electron chi connectivity index (χ1n) is 5.29. The second kappa shape index (κ2) is 6.65. The van der Waals surface area contributed by atoms with E-state index in [4.69, 9.17) is 0 Å². The number of hydrogen-bond acceptors (Lipinski definition) is 5. The molecule has 0 bridgehead atoms. The Hall–Kier alpha value is -0.880. The number of rotatable bonds is 6. The van der Waals surface area contributed by atoms with Crippen molar-refractivity contribution in [1.29, 1.82) is 0 Å². The average Bonchev–Trinajstić information content (AvgIpc) is 2.31. The highest BCUT2D eigenvalue weighted by Crippen LogP contribution is 2.25. The predicted octanol–water partition coefficient (Wildman–Crippen LogP) is 1.85. The molecule has 1 heterocycles. The van der Waals surface area contributed by atoms with Crippen molar-refractivity contribution in [1.82, 2.24) is 9.97 Å². The van der Waals surface area contributed by atoms with Crippen LogP contribution < -0.4 is 10.6 Å². The molecule has 1 atom stereocenters. The van der Waals surface area contributed by atoms with Crippen LogP contribution in [-0.4, -0.2) is 34.8 Å². The number of aliphatic hydroxyl groups excluding tert-OH is 1. The summed E-state index contributed by atoms with van der Waals surface area (Å²) in [6.45, 7) is 2.65. The van der Waals surface area contributed by atoms with Crippen molar-refractivity contribution in [3.05, 3.63) is 10.8 Å². The van der Waals surface area contributed by atoms with E-state index in [2.05, 4.69) is 36.5 Å². The van der Waals surface area contributed by atoms with Crippen LogP contribution in [0.5, 0.6) is 0 Å². The fourth-order valence-electron chi connectivity index (χ4n) is 1.23. The third kappa shape index (κ3) is 3.61. The molecule has 0 aliphatic rings. The van der Waals surface area contributed by atoms with Gasteiger partial charge in [-0.05, 0) is 28.8 Å². The van der Waals surface area contributed by atoms with Crippen LogP contribution >= 0.6 is 15.9 Å². The van der Waals surface area contributed by atoms with Crippen LogP contribution in [0.25, 0.3) is 0 Å². The van der Waals surface area contributed by atoms with E-state index in [1.165, 1.54) is 6.33 Å². The number of hydrogen-bond donors (Lipinski definition) is 3. The maximum absolute atomic E-state index is 9.41. The zero-order valence-corrected chi connectivity index (χ0v) is 11.1. The van der Waals surface area contributed by atoms with Crippen LogP contribution in [0.15, 0.2) is 10.8 Å². The quantitative estimate of drug-likeness (QED) is 0.745. The SMILES string of the molecule is CCC(O)CCNc1ncnc(NC)c1Br. The molecule has 0 aliphatic carbocycles. The highest BCUT2D eigenvalue weighted by atomic mass is 79.9. The summed E-state index contributed by atoms with van der Waals surface area (Å²) in [4.78, 5) is 8.18. The topological polar surface area (TPSA) is 70.1 Å². The maximum atomic E-state index is 9.41. The lowest BCUT2D eigenvalue weighted by atomic mass is 10.2. The average molecular weight is 289 g/mol. The first-order chi connectivity index (χ1) is 7.69. The first-order valence-corrected chi connectivity index (χ1v) is 6.08. The molecule has 3 N–H and O–H groups in total. The van der Waals surface area contributed by atoms with Gasteiger partial charge in [-0.25, -0.2) is 9.97 Å². The minimum Gasteiger partial charge on any atom is -0.393 e. The molecule has 1 unspecified atom stereocenters. The maximum Gasteiger partial charge on any atom is 0.145 e. The predicted molar refractivity (Wildman–Crippen MR) is 68.7 cm³/mol. The zero-order valence-electron chi connectivity index (χ0n) is 9.50. The number of nitrogens with one attached hydrogen (secondary N) is 2. The smallest absolute Gasteiger partial charge is 0.145 e. The normalized spacial score (nSPS) is 12.2. The Labute approximate surface area is 104 Å². The van der Waals surface area contributed by atoms with Gasteiger partial charge in [0.15, 0.2) is 0 Å². The van der Waals surface area contributed by atoms with Crippen molar-refractivity contribution in [2.24, 2.45) is 0 Å². The second-order valence-electron chi connectivity index (χ2n) is 3.41. The van der Waals surface area contributed by atoms with Gasteiger partial charge in [0.05, 0.1) is 6.10 Å². The van der Waals surface area contributed by atoms with E-state index >= 15 is 0 Å². The summed E-state index contributed by atoms with van der Waals surface area (Å²) in [5.41, 5.74) is 0. The van der Waals surface area contributed by atoms with Crippen molar-refractivity contribution in [2.75, 3.05) is 24.2 Å². The highest BCUT2D eigenvalue weighted by molar-refractivity contribution is 9.10. The molecule has 0 spiro atoms. The Kier molecular flexibility index (Phi) is 5.48. The summed E-state index contributed by atoms with van der Waals surface area (Å²) in [6.07, 6.45) is 2.72. The van der Waals surface area contributed by atoms with E-state index in [0.717, 1.165) is 22.5 Å². The molecule has 0 radical (unpaired) electrons. The number of aliphatic hydroxyl groups is 1. The van der Waals surface area contributed by atoms with Crippen LogP contribution in [0.3, 0.4) is 0 Å². The molecule has 0 aromatic carbocycles. The van der Waals surface area contributed by atoms with Gasteiger partial charge in [-0.15, -0.1) is 0 Å². The van der Waals surface area contributed by atoms with Crippen molar-refractivity contribution in [2.45, 2.75) is 25.9 Å². The Bertz CT molecular complexity index is 335. The van der Waals surface area contributed by atoms with Gasteiger partial charge in [-0.1, -0.05) is 6.92 Å². The van der Waals surface area contributed by atoms with Gasteiger partial charge in [-0.3, -0.25) is 0 Å². The molecule has 16 heavy (non-hydrogen) atoms. The molecular formula is C10H17BrN4O. The van der Waals surface area contributed by atoms with Crippen molar-refractivity contribution >= 4 is 27.6 Å². The third-order valence-corrected chi connectivity index (χ3v) is 3.02. The van der Waals surface area contributed by atoms with Crippen LogP contribution in [0.4, 0.5) is 11.6 Å². The summed E-state index contributed by atoms with van der Waals surface area (Å²) >= 11 is 3.41. The molecule has 0 fully saturated rings. The molecule has 1 aromatic heterocycles. The molecular weight excluding hydrogens is 272 g/mol. The largest absolute Gasteiger partial charge is 0.393 e. The lowest BCUT2D eigenvalue weighted by molar-refractivity contribution is 0.164. The Balaban J connectivity index is 2.54. The van der Waals surface area contributed by atoms with Crippen molar-refractivity contribution < 1.29 is 5.11 Å². The number of anilines is 2. The number of halogens is 1. The van der Waals surface area contributed by atoms with Crippen molar-refractivity contribution in [3.63, 3.8) is 0 Å². The monoisotopic (exact) mass is 288 g/mol. The minimum atomic E-state index is -0.253. The lowest BCUT2D eigenvalue weighted by Gasteiger charge is -2.11. The van der Waals surface area contributed by atoms with E-state index in [0.29, 0.717) is 13.0 Å². The van der Waals surface area contributed by atoms with Gasteiger partial charge in [-0.2, -0.15) is 0 Å². The van der Waals surface area contributed by atoms with E-state index in [1.54, 1.807) is 7.05 Å². The third-order valence-electron chi connectivity index (χ3n) is 2.27. The minimum absolute atomic E-state index is 0.253. The van der Waals surface area contributed by atoms with Crippen LogP contribution in [0.2, 0.25) is 0 Å². The molecule has 0 saturated heterocycles. The zero-order chi connectivity index (χ0) is 12.0. The summed E-state index contributed by atoms with van der Waals surface area (Å²) in [5, 5.41) is 15.5. The number of nitrogens with zero attached hydrogens (tertiary/aromatic N) is 2. The second-order valence-corrected chi connectivity index (χ2v) is 4.21. The van der Waals surface area contributed by atoms with Crippen LogP contribution in [0, 0.1) is 0 Å². The Morgan fingerprint density at radius 3 is 2.75 bits per heavy atom. The Morgan fingerprint density at radius 1 is 1.44 bits per heavy atom. The van der Waals surface area contributed by atoms with E-state index in [1.807, 2.05) is 6.92 Å². The summed E-state index contributed by atoms with van der Waals surface area (Å²) in [5.74, 6) is 1.48. The van der Waals surface area contributed by atoms with Gasteiger partial charge < -0.3 is 15.7 Å². The first kappa shape index (κ1) is 13.2. The highest BCUT2D eigenvalue weighted by Gasteiger charge is 2.07. The van der Waals surface area contributed by atoms with E-state index < -0.39 is 0 Å². The summed E-state index contributed by atoms with van der Waals surface area (Å²) in [7, 11) is 1.80. The lowest BCUT2D eigenvalue weighted by Crippen LogP contribution is -2.13. The van der Waals surface area contributed by atoms with Gasteiger partial charge in [0.1, 0.15) is 22.4 Å². The van der Waals surface area contributed by atoms with Gasteiger partial charge in [0.25, 0.3) is 0 Å². The standard InChI is InChI=1S/C10H17BrN4O/c1-3-7(16)4-5-13-10-8(11)9(12-2)14-6-15-10/h6-7,16H,3-5H2,1-2H3,(H2,12,13,14,15). The molecule has 1 aromatic rings. The molecule has 0 amide bonds. The summed E-state index contributed by atoms with van der Waals surface area (Å²) in [6, 6.07) is 0. The Morgan fingerprint density at radius 2 is 2.12 bits per heavy atom. The van der Waals surface area contributed by atoms with Crippen molar-refractivity contribution in [3.8, 4) is 0 Å². The van der Waals surface area contributed by atoms with Crippen LogP contribution in [0.1, 0.15) is 19.8 Å². The fourth-order valence-corrected chi connectivity index (χ4v) is 1.77. The molecule has 90 valence electrons. The van der Waals surface area contributed by atoms with Gasteiger partial charge in [0, 0.05) is 13.6 Å². The molecule has 0 aliphatic heterocycles. The molecule has 6 heteroatoms. The molecule has 1 rings (SSSR count). The van der Waals surface area contributed by atoms with E-state index in [9.17, 15) is 5.11 Å². The summed E-state index contributed by atoms with van der Waals surface area (Å²) < 4.78 is 0.809. The van der Waals surface area contributed by atoms with Gasteiger partial charge in [0.2, 0.25) is 0 Å².